The first-order valence-corrected chi connectivity index (χ1v) is 9.55. The number of ketones is 1. The van der Waals surface area contributed by atoms with E-state index in [2.05, 4.69) is 14.8 Å². The van der Waals surface area contributed by atoms with E-state index in [9.17, 15) is 9.59 Å². The highest BCUT2D eigenvalue weighted by molar-refractivity contribution is 5.96. The van der Waals surface area contributed by atoms with Gasteiger partial charge in [-0.2, -0.15) is 0 Å². The van der Waals surface area contributed by atoms with Crippen LogP contribution in [-0.2, 0) is 4.79 Å². The smallest absolute Gasteiger partial charge is 0.250 e. The molecule has 1 aromatic heterocycles. The van der Waals surface area contributed by atoms with E-state index in [1.54, 1.807) is 6.07 Å². The number of pyridine rings is 1. The van der Waals surface area contributed by atoms with Crippen molar-refractivity contribution in [3.05, 3.63) is 47.3 Å². The zero-order valence-electron chi connectivity index (χ0n) is 17.1. The number of carbonyl (C=O) groups excluding carboxylic acids is 2. The lowest BCUT2D eigenvalue weighted by Crippen LogP contribution is -2.48. The molecule has 2 N–H and O–H groups in total. The van der Waals surface area contributed by atoms with E-state index in [0.717, 1.165) is 43.5 Å². The molecule has 0 unspecified atom stereocenters. The Hall–Kier alpha value is -2.96. The third-order valence-electron chi connectivity index (χ3n) is 4.82. The molecular formula is C21H29N5O2. The zero-order valence-corrected chi connectivity index (χ0v) is 17.1. The van der Waals surface area contributed by atoms with Crippen molar-refractivity contribution < 1.29 is 9.59 Å². The number of hydrogen-bond donors (Lipinski definition) is 1. The number of primary amides is 1. The number of aromatic nitrogens is 1. The van der Waals surface area contributed by atoms with Crippen LogP contribution >= 0.6 is 0 Å². The summed E-state index contributed by atoms with van der Waals surface area (Å²) in [6.07, 6.45) is 5.77. The number of amides is 1. The number of rotatable bonds is 6. The van der Waals surface area contributed by atoms with Gasteiger partial charge in [0.2, 0.25) is 5.91 Å². The van der Waals surface area contributed by atoms with Gasteiger partial charge >= 0.3 is 0 Å². The highest BCUT2D eigenvalue weighted by atomic mass is 16.1. The van der Waals surface area contributed by atoms with Crippen LogP contribution < -0.4 is 10.6 Å². The second-order valence-electron chi connectivity index (χ2n) is 6.69. The van der Waals surface area contributed by atoms with Crippen LogP contribution in [0.2, 0.25) is 0 Å². The molecule has 7 heteroatoms. The number of aliphatic imine (C=N–C) groups is 1. The number of amidine groups is 1. The molecule has 28 heavy (non-hydrogen) atoms. The van der Waals surface area contributed by atoms with E-state index in [0.29, 0.717) is 17.6 Å². The Morgan fingerprint density at radius 3 is 2.39 bits per heavy atom. The molecule has 7 nitrogen and oxygen atoms in total. The number of nitrogens with zero attached hydrogens (tertiary/aromatic N) is 4. The molecule has 0 bridgehead atoms. The molecule has 1 amide bonds. The molecule has 1 fully saturated rings. The normalized spacial score (nSPS) is 16.4. The summed E-state index contributed by atoms with van der Waals surface area (Å²) in [4.78, 5) is 36.6. The molecule has 2 heterocycles. The Morgan fingerprint density at radius 1 is 1.21 bits per heavy atom. The van der Waals surface area contributed by atoms with Crippen LogP contribution in [0.4, 0.5) is 5.82 Å². The van der Waals surface area contributed by atoms with Gasteiger partial charge in [0.25, 0.3) is 0 Å². The van der Waals surface area contributed by atoms with E-state index in [1.807, 2.05) is 45.9 Å². The summed E-state index contributed by atoms with van der Waals surface area (Å²) in [5, 5.41) is 0. The maximum atomic E-state index is 12.0. The maximum absolute atomic E-state index is 12.0. The lowest BCUT2D eigenvalue weighted by Gasteiger charge is -2.36. The first-order valence-electron chi connectivity index (χ1n) is 9.55. The minimum absolute atomic E-state index is 0.111. The molecule has 1 saturated heterocycles. The molecule has 0 saturated carbocycles. The Bertz CT molecular complexity index is 801. The first kappa shape index (κ1) is 21.3. The van der Waals surface area contributed by atoms with Crippen molar-refractivity contribution in [2.24, 2.45) is 10.7 Å². The number of Topliss-reactive ketones (excluding diaryl/α,β-unsaturated/α-hetero) is 1. The predicted octanol–water partition coefficient (Wildman–Crippen LogP) is 2.55. The molecule has 0 radical (unpaired) electrons. The van der Waals surface area contributed by atoms with Crippen molar-refractivity contribution in [1.29, 1.82) is 0 Å². The van der Waals surface area contributed by atoms with Gasteiger partial charge < -0.3 is 15.5 Å². The van der Waals surface area contributed by atoms with Crippen molar-refractivity contribution in [3.63, 3.8) is 0 Å². The largest absolute Gasteiger partial charge is 0.366 e. The van der Waals surface area contributed by atoms with Crippen molar-refractivity contribution in [2.75, 3.05) is 31.1 Å². The van der Waals surface area contributed by atoms with Gasteiger partial charge in [-0.1, -0.05) is 13.0 Å². The average molecular weight is 383 g/mol. The summed E-state index contributed by atoms with van der Waals surface area (Å²) in [5.41, 5.74) is 7.08. The van der Waals surface area contributed by atoms with Gasteiger partial charge in [-0.05, 0) is 39.0 Å². The van der Waals surface area contributed by atoms with Crippen LogP contribution in [0.25, 0.3) is 0 Å². The van der Waals surface area contributed by atoms with E-state index in [1.165, 1.54) is 6.20 Å². The lowest BCUT2D eigenvalue weighted by molar-refractivity contribution is -0.115. The molecule has 0 spiro atoms. The topological polar surface area (TPSA) is 91.9 Å². The number of anilines is 1. The quantitative estimate of drug-likeness (QED) is 0.353. The van der Waals surface area contributed by atoms with E-state index in [-0.39, 0.29) is 5.78 Å². The Kier molecular flexibility index (Phi) is 7.49. The lowest BCUT2D eigenvalue weighted by atomic mass is 10.1. The number of allylic oxidation sites excluding steroid dienone is 3. The summed E-state index contributed by atoms with van der Waals surface area (Å²) in [6, 6.07) is 3.52. The van der Waals surface area contributed by atoms with E-state index < -0.39 is 5.91 Å². The molecule has 1 aliphatic heterocycles. The second-order valence-corrected chi connectivity index (χ2v) is 6.69. The number of piperazine rings is 1. The van der Waals surface area contributed by atoms with Gasteiger partial charge in [0.05, 0.1) is 11.3 Å². The van der Waals surface area contributed by atoms with E-state index >= 15 is 0 Å². The third kappa shape index (κ3) is 5.28. The SMILES string of the molecule is C/C=C\C(N=C(C)N1CCN(c2ccc(C(N)=O)cn2)CC1)=C(/C)C(=O)CC. The van der Waals surface area contributed by atoms with Crippen molar-refractivity contribution >= 4 is 23.3 Å². The van der Waals surface area contributed by atoms with Crippen LogP contribution in [0.5, 0.6) is 0 Å². The summed E-state index contributed by atoms with van der Waals surface area (Å²) < 4.78 is 0. The first-order chi connectivity index (χ1) is 13.4. The van der Waals surface area contributed by atoms with Crippen molar-refractivity contribution in [3.8, 4) is 0 Å². The van der Waals surface area contributed by atoms with Crippen LogP contribution in [0.15, 0.2) is 46.7 Å². The number of nitrogens with two attached hydrogens (primary N) is 1. The summed E-state index contributed by atoms with van der Waals surface area (Å²) >= 11 is 0. The van der Waals surface area contributed by atoms with Crippen LogP contribution in [-0.4, -0.2) is 53.6 Å². The van der Waals surface area contributed by atoms with E-state index in [4.69, 9.17) is 10.7 Å². The minimum Gasteiger partial charge on any atom is -0.366 e. The van der Waals surface area contributed by atoms with Crippen LogP contribution in [0.1, 0.15) is 44.5 Å². The standard InChI is InChI=1S/C21H29N5O2/c1-5-7-18(15(3)19(27)6-2)24-16(4)25-10-12-26(13-11-25)20-9-8-17(14-23-20)21(22)28/h5,7-9,14H,6,10-13H2,1-4H3,(H2,22,28)/b7-5-,18-15-,24-16?. The molecule has 150 valence electrons. The molecule has 2 rings (SSSR count). The summed E-state index contributed by atoms with van der Waals surface area (Å²) in [7, 11) is 0. The van der Waals surface area contributed by atoms with Gasteiger partial charge in [0.15, 0.2) is 5.78 Å². The molecule has 0 atom stereocenters. The van der Waals surface area contributed by atoms with Gasteiger partial charge in [0.1, 0.15) is 11.7 Å². The Morgan fingerprint density at radius 2 is 1.89 bits per heavy atom. The van der Waals surface area contributed by atoms with Gasteiger partial charge in [-0.15, -0.1) is 0 Å². The number of carbonyl (C=O) groups is 2. The Balaban J connectivity index is 2.07. The highest BCUT2D eigenvalue weighted by Gasteiger charge is 2.19. The van der Waals surface area contributed by atoms with Crippen LogP contribution in [0.3, 0.4) is 0 Å². The molecule has 1 aromatic rings. The van der Waals surface area contributed by atoms with Crippen molar-refractivity contribution in [1.82, 2.24) is 9.88 Å². The third-order valence-corrected chi connectivity index (χ3v) is 4.82. The van der Waals surface area contributed by atoms with Gasteiger partial charge in [-0.25, -0.2) is 9.98 Å². The number of hydrogen-bond acceptors (Lipinski definition) is 5. The monoisotopic (exact) mass is 383 g/mol. The highest BCUT2D eigenvalue weighted by Crippen LogP contribution is 2.16. The zero-order chi connectivity index (χ0) is 20.7. The molecule has 1 aliphatic rings. The fraction of sp³-hybridized carbons (Fsp3) is 0.429. The average Bonchev–Trinajstić information content (AvgIpc) is 2.72. The summed E-state index contributed by atoms with van der Waals surface area (Å²) in [5.74, 6) is 1.36. The van der Waals surface area contributed by atoms with Gasteiger partial charge in [-0.3, -0.25) is 9.59 Å². The molecule has 0 aromatic carbocycles. The fourth-order valence-corrected chi connectivity index (χ4v) is 3.04. The molecule has 0 aliphatic carbocycles. The minimum atomic E-state index is -0.474. The fourth-order valence-electron chi connectivity index (χ4n) is 3.04. The van der Waals surface area contributed by atoms with Gasteiger partial charge in [0, 0.05) is 44.4 Å². The maximum Gasteiger partial charge on any atom is 0.250 e. The van der Waals surface area contributed by atoms with Crippen LogP contribution in [0, 0.1) is 0 Å². The summed E-state index contributed by atoms with van der Waals surface area (Å²) in [6.45, 7) is 10.8. The second kappa shape index (κ2) is 9.82. The molecular weight excluding hydrogens is 354 g/mol. The van der Waals surface area contributed by atoms with Crippen molar-refractivity contribution in [2.45, 2.75) is 34.1 Å². The Labute approximate surface area is 166 Å². The predicted molar refractivity (Wildman–Crippen MR) is 112 cm³/mol.